The number of anilines is 1. The number of aryl methyl sites for hydroxylation is 2. The van der Waals surface area contributed by atoms with Crippen LogP contribution in [0.15, 0.2) is 59.5 Å². The molecule has 1 unspecified atom stereocenters. The highest BCUT2D eigenvalue weighted by Gasteiger charge is 2.48. The Labute approximate surface area is 204 Å². The van der Waals surface area contributed by atoms with Crippen LogP contribution in [0.5, 0.6) is 5.75 Å². The highest BCUT2D eigenvalue weighted by molar-refractivity contribution is 7.10. The molecule has 1 fully saturated rings. The minimum Gasteiger partial charge on any atom is -0.507 e. The summed E-state index contributed by atoms with van der Waals surface area (Å²) in [6.45, 7) is 5.85. The number of Topliss-reactive ketones (excluding diaryl/α,β-unsaturated/α-hetero) is 1. The quantitative estimate of drug-likeness (QED) is 0.249. The van der Waals surface area contributed by atoms with Crippen LogP contribution in [0.2, 0.25) is 0 Å². The molecule has 2 heterocycles. The summed E-state index contributed by atoms with van der Waals surface area (Å²) in [7, 11) is 0. The Bertz CT molecular complexity index is 1340. The molecule has 0 saturated carbocycles. The van der Waals surface area contributed by atoms with Gasteiger partial charge >= 0.3 is 6.18 Å². The molecule has 4 rings (SSSR count). The molecule has 1 aliphatic rings. The number of hydrogen-bond acceptors (Lipinski definition) is 5. The molecule has 0 bridgehead atoms. The van der Waals surface area contributed by atoms with Gasteiger partial charge in [-0.2, -0.15) is 13.2 Å². The average molecular weight is 502 g/mol. The van der Waals surface area contributed by atoms with Gasteiger partial charge in [-0.15, -0.1) is 11.3 Å². The van der Waals surface area contributed by atoms with Crippen LogP contribution in [0.1, 0.15) is 40.1 Å². The fourth-order valence-corrected chi connectivity index (χ4v) is 5.14. The second-order valence-corrected chi connectivity index (χ2v) is 9.05. The lowest BCUT2D eigenvalue weighted by atomic mass is 9.97. The second kappa shape index (κ2) is 9.22. The monoisotopic (exact) mass is 501 g/mol. The Kier molecular flexibility index (Phi) is 6.46. The fourth-order valence-electron chi connectivity index (χ4n) is 4.11. The summed E-state index contributed by atoms with van der Waals surface area (Å²) in [5.74, 6) is -1.77. The summed E-state index contributed by atoms with van der Waals surface area (Å²) >= 11 is 1.25. The van der Waals surface area contributed by atoms with Crippen LogP contribution in [-0.2, 0) is 15.8 Å². The molecule has 0 aliphatic carbocycles. The molecule has 35 heavy (non-hydrogen) atoms. The van der Waals surface area contributed by atoms with Gasteiger partial charge in [0.2, 0.25) is 0 Å². The Morgan fingerprint density at radius 3 is 2.43 bits per heavy atom. The van der Waals surface area contributed by atoms with Crippen molar-refractivity contribution in [2.75, 3.05) is 11.5 Å². The normalized spacial score (nSPS) is 17.8. The third kappa shape index (κ3) is 4.43. The molecule has 0 spiro atoms. The van der Waals surface area contributed by atoms with Gasteiger partial charge in [0, 0.05) is 16.1 Å². The number of aliphatic hydroxyl groups excluding tert-OH is 1. The topological polar surface area (TPSA) is 66.8 Å². The van der Waals surface area contributed by atoms with Crippen molar-refractivity contribution >= 4 is 34.5 Å². The average Bonchev–Trinajstić information content (AvgIpc) is 3.34. The van der Waals surface area contributed by atoms with Gasteiger partial charge in [-0.25, -0.2) is 0 Å². The minimum atomic E-state index is -4.63. The number of hydrogen-bond donors (Lipinski definition) is 1. The smallest absolute Gasteiger partial charge is 0.416 e. The largest absolute Gasteiger partial charge is 0.507 e. The predicted octanol–water partition coefficient (Wildman–Crippen LogP) is 6.41. The molecular formula is C26H22F3NO4S. The van der Waals surface area contributed by atoms with Crippen molar-refractivity contribution in [1.29, 1.82) is 0 Å². The van der Waals surface area contributed by atoms with Crippen molar-refractivity contribution in [3.8, 4) is 5.75 Å². The first-order valence-electron chi connectivity index (χ1n) is 10.8. The molecule has 3 aromatic rings. The highest BCUT2D eigenvalue weighted by Crippen LogP contribution is 2.45. The maximum atomic E-state index is 13.4. The molecule has 1 atom stereocenters. The van der Waals surface area contributed by atoms with Crippen molar-refractivity contribution in [2.24, 2.45) is 0 Å². The van der Waals surface area contributed by atoms with Crippen molar-refractivity contribution in [3.63, 3.8) is 0 Å². The van der Waals surface area contributed by atoms with Crippen LogP contribution >= 0.6 is 11.3 Å². The van der Waals surface area contributed by atoms with E-state index < -0.39 is 35.2 Å². The van der Waals surface area contributed by atoms with Crippen LogP contribution in [0.3, 0.4) is 0 Å². The number of carbonyl (C=O) groups is 2. The van der Waals surface area contributed by atoms with E-state index in [0.29, 0.717) is 28.4 Å². The first-order chi connectivity index (χ1) is 16.5. The van der Waals surface area contributed by atoms with Crippen LogP contribution in [0.4, 0.5) is 18.9 Å². The lowest BCUT2D eigenvalue weighted by Crippen LogP contribution is -2.29. The van der Waals surface area contributed by atoms with Gasteiger partial charge in [-0.05, 0) is 79.7 Å². The Balaban J connectivity index is 1.92. The van der Waals surface area contributed by atoms with Gasteiger partial charge in [0.15, 0.2) is 0 Å². The van der Waals surface area contributed by atoms with Crippen LogP contribution in [0, 0.1) is 13.8 Å². The first kappa shape index (κ1) is 24.5. The van der Waals surface area contributed by atoms with Crippen LogP contribution < -0.4 is 9.64 Å². The van der Waals surface area contributed by atoms with E-state index in [0.717, 1.165) is 22.6 Å². The summed E-state index contributed by atoms with van der Waals surface area (Å²) < 4.78 is 45.7. The number of halogens is 3. The van der Waals surface area contributed by atoms with E-state index in [2.05, 4.69) is 0 Å². The lowest BCUT2D eigenvalue weighted by Gasteiger charge is -2.25. The summed E-state index contributed by atoms with van der Waals surface area (Å²) in [6, 6.07) is 9.83. The van der Waals surface area contributed by atoms with Crippen molar-refractivity contribution in [3.05, 3.63) is 86.6 Å². The molecule has 1 aromatic heterocycles. The van der Waals surface area contributed by atoms with E-state index in [1.54, 1.807) is 43.5 Å². The lowest BCUT2D eigenvalue weighted by molar-refractivity contribution is -0.137. The van der Waals surface area contributed by atoms with Gasteiger partial charge < -0.3 is 9.84 Å². The van der Waals surface area contributed by atoms with Gasteiger partial charge in [-0.3, -0.25) is 14.5 Å². The zero-order valence-corrected chi connectivity index (χ0v) is 20.0. The summed E-state index contributed by atoms with van der Waals surface area (Å²) in [4.78, 5) is 28.0. The predicted molar refractivity (Wildman–Crippen MR) is 128 cm³/mol. The van der Waals surface area contributed by atoms with E-state index in [1.807, 2.05) is 6.92 Å². The van der Waals surface area contributed by atoms with Crippen molar-refractivity contribution in [1.82, 2.24) is 0 Å². The van der Waals surface area contributed by atoms with E-state index in [-0.39, 0.29) is 11.3 Å². The number of ketones is 1. The van der Waals surface area contributed by atoms with Gasteiger partial charge in [0.1, 0.15) is 17.6 Å². The molecule has 1 aliphatic heterocycles. The number of rotatable bonds is 5. The van der Waals surface area contributed by atoms with Crippen molar-refractivity contribution < 1.29 is 32.6 Å². The van der Waals surface area contributed by atoms with Gasteiger partial charge in [0.05, 0.1) is 17.7 Å². The number of ether oxygens (including phenoxy) is 1. The van der Waals surface area contributed by atoms with Gasteiger partial charge in [-0.1, -0.05) is 6.07 Å². The van der Waals surface area contributed by atoms with E-state index in [4.69, 9.17) is 4.74 Å². The molecular weight excluding hydrogens is 479 g/mol. The molecule has 5 nitrogen and oxygen atoms in total. The van der Waals surface area contributed by atoms with Gasteiger partial charge in [0.25, 0.3) is 11.7 Å². The number of carbonyl (C=O) groups excluding carboxylic acids is 2. The summed E-state index contributed by atoms with van der Waals surface area (Å²) in [5, 5.41) is 13.0. The second-order valence-electron chi connectivity index (χ2n) is 8.10. The Hall–Kier alpha value is -3.59. The molecule has 2 aromatic carbocycles. The maximum Gasteiger partial charge on any atom is 0.416 e. The Morgan fingerprint density at radius 2 is 1.83 bits per heavy atom. The number of alkyl halides is 3. The molecule has 0 radical (unpaired) electrons. The zero-order valence-electron chi connectivity index (χ0n) is 19.1. The SMILES string of the molecule is CCOc1ccc(/C(O)=C2/C(=O)C(=O)N(c3cccc(C(F)(F)F)c3)C2c2sccc2C)cc1C. The molecule has 9 heteroatoms. The summed E-state index contributed by atoms with van der Waals surface area (Å²) in [5.41, 5.74) is 0.551. The zero-order chi connectivity index (χ0) is 25.5. The first-order valence-corrected chi connectivity index (χ1v) is 11.7. The number of thiophene rings is 1. The highest BCUT2D eigenvalue weighted by atomic mass is 32.1. The fraction of sp³-hybridized carbons (Fsp3) is 0.231. The van der Waals surface area contributed by atoms with Crippen molar-refractivity contribution in [2.45, 2.75) is 33.0 Å². The Morgan fingerprint density at radius 1 is 1.09 bits per heavy atom. The standard InChI is InChI=1S/C26H22F3NO4S/c1-4-34-19-9-8-16(12-15(19)3)22(31)20-21(24-14(2)10-11-35-24)30(25(33)23(20)32)18-7-5-6-17(13-18)26(27,28)29/h5-13,21,31H,4H2,1-3H3/b22-20-. The third-order valence-corrected chi connectivity index (χ3v) is 6.87. The van der Waals surface area contributed by atoms with Crippen LogP contribution in [0.25, 0.3) is 5.76 Å². The molecule has 1 N–H and O–H groups in total. The number of amides is 1. The van der Waals surface area contributed by atoms with E-state index in [1.165, 1.54) is 23.5 Å². The van der Waals surface area contributed by atoms with Crippen LogP contribution in [-0.4, -0.2) is 23.4 Å². The number of nitrogens with zero attached hydrogens (tertiary/aromatic N) is 1. The number of benzene rings is 2. The summed E-state index contributed by atoms with van der Waals surface area (Å²) in [6.07, 6.45) is -4.63. The molecule has 1 saturated heterocycles. The third-order valence-electron chi connectivity index (χ3n) is 5.79. The number of aliphatic hydroxyl groups is 1. The van der Waals surface area contributed by atoms with E-state index >= 15 is 0 Å². The maximum absolute atomic E-state index is 13.4. The minimum absolute atomic E-state index is 0.0818. The molecule has 1 amide bonds. The van der Waals surface area contributed by atoms with E-state index in [9.17, 15) is 27.9 Å². The molecule has 182 valence electrons.